The lowest BCUT2D eigenvalue weighted by atomic mass is 9.95. The van der Waals surface area contributed by atoms with Crippen LogP contribution in [-0.2, 0) is 4.79 Å². The molecule has 2 aliphatic rings. The van der Waals surface area contributed by atoms with Gasteiger partial charge in [-0.15, -0.1) is 0 Å². The van der Waals surface area contributed by atoms with Crippen LogP contribution in [0.15, 0.2) is 30.0 Å². The first-order valence-corrected chi connectivity index (χ1v) is 7.83. The Bertz CT molecular complexity index is 658. The molecule has 6 heteroatoms. The number of amides is 1. The van der Waals surface area contributed by atoms with Crippen molar-refractivity contribution in [2.24, 2.45) is 0 Å². The summed E-state index contributed by atoms with van der Waals surface area (Å²) in [4.78, 5) is 12.2. The van der Waals surface area contributed by atoms with E-state index in [-0.39, 0.29) is 24.3 Å². The number of carbonyl (C=O) groups excluding carboxylic acids is 1. The minimum atomic E-state index is -0.326. The summed E-state index contributed by atoms with van der Waals surface area (Å²) in [5, 5.41) is 15.1. The second-order valence-corrected chi connectivity index (χ2v) is 5.69. The van der Waals surface area contributed by atoms with Crippen molar-refractivity contribution in [3.05, 3.63) is 30.0 Å². The molecule has 3 rings (SSSR count). The fraction of sp³-hybridized carbons (Fsp3) is 0.412. The van der Waals surface area contributed by atoms with Gasteiger partial charge in [0.2, 0.25) is 6.79 Å². The van der Waals surface area contributed by atoms with Crippen molar-refractivity contribution < 1.29 is 14.3 Å². The van der Waals surface area contributed by atoms with Crippen molar-refractivity contribution in [1.29, 1.82) is 5.26 Å². The van der Waals surface area contributed by atoms with E-state index in [1.54, 1.807) is 18.2 Å². The highest BCUT2D eigenvalue weighted by atomic mass is 16.7. The standard InChI is InChI=1S/C17H19N3O3/c18-9-12(17(21)20-13-4-2-1-3-5-13)10-19-14-6-7-15-16(8-14)23-11-22-15/h6-8,10,13,19H,1-5,11H2,(H,20,21)/b12-10-. The number of rotatable bonds is 4. The maximum Gasteiger partial charge on any atom is 0.263 e. The van der Waals surface area contributed by atoms with Crippen LogP contribution in [0.25, 0.3) is 0 Å². The molecule has 120 valence electrons. The number of nitrogens with one attached hydrogen (secondary N) is 2. The van der Waals surface area contributed by atoms with Crippen molar-refractivity contribution >= 4 is 11.6 Å². The van der Waals surface area contributed by atoms with Gasteiger partial charge >= 0.3 is 0 Å². The molecule has 1 aliphatic heterocycles. The highest BCUT2D eigenvalue weighted by Crippen LogP contribution is 2.34. The van der Waals surface area contributed by atoms with Crippen LogP contribution < -0.4 is 20.1 Å². The molecule has 1 fully saturated rings. The van der Waals surface area contributed by atoms with E-state index in [0.717, 1.165) is 31.4 Å². The van der Waals surface area contributed by atoms with Gasteiger partial charge in [0, 0.05) is 24.0 Å². The number of anilines is 1. The van der Waals surface area contributed by atoms with Gasteiger partial charge in [-0.1, -0.05) is 19.3 Å². The van der Waals surface area contributed by atoms with Crippen molar-refractivity contribution in [3.63, 3.8) is 0 Å². The van der Waals surface area contributed by atoms with Crippen LogP contribution >= 0.6 is 0 Å². The molecule has 0 aromatic heterocycles. The molecule has 23 heavy (non-hydrogen) atoms. The molecule has 0 bridgehead atoms. The van der Waals surface area contributed by atoms with Gasteiger partial charge < -0.3 is 20.1 Å². The molecule has 6 nitrogen and oxygen atoms in total. The summed E-state index contributed by atoms with van der Waals surface area (Å²) in [5.41, 5.74) is 0.792. The van der Waals surface area contributed by atoms with E-state index in [9.17, 15) is 10.1 Å². The Balaban J connectivity index is 1.62. The van der Waals surface area contributed by atoms with Crippen LogP contribution in [0.1, 0.15) is 32.1 Å². The summed E-state index contributed by atoms with van der Waals surface area (Å²) in [7, 11) is 0. The quantitative estimate of drug-likeness (QED) is 0.659. The Morgan fingerprint density at radius 1 is 1.22 bits per heavy atom. The zero-order chi connectivity index (χ0) is 16.1. The van der Waals surface area contributed by atoms with Crippen molar-refractivity contribution in [1.82, 2.24) is 5.32 Å². The second kappa shape index (κ2) is 7.05. The average Bonchev–Trinajstić information content (AvgIpc) is 3.04. The first kappa shape index (κ1) is 15.2. The predicted molar refractivity (Wildman–Crippen MR) is 84.9 cm³/mol. The normalized spacial score (nSPS) is 17.4. The van der Waals surface area contributed by atoms with E-state index in [2.05, 4.69) is 10.6 Å². The van der Waals surface area contributed by atoms with E-state index in [4.69, 9.17) is 9.47 Å². The third-order valence-electron chi connectivity index (χ3n) is 4.06. The SMILES string of the molecule is N#C/C(=C/Nc1ccc2c(c1)OCO2)C(=O)NC1CCCCC1. The van der Waals surface area contributed by atoms with Crippen LogP contribution in [0, 0.1) is 11.3 Å². The summed E-state index contributed by atoms with van der Waals surface area (Å²) >= 11 is 0. The summed E-state index contributed by atoms with van der Waals surface area (Å²) in [6.07, 6.45) is 6.88. The minimum Gasteiger partial charge on any atom is -0.454 e. The summed E-state index contributed by atoms with van der Waals surface area (Å²) in [6, 6.07) is 7.48. The lowest BCUT2D eigenvalue weighted by Gasteiger charge is -2.22. The van der Waals surface area contributed by atoms with Gasteiger partial charge in [-0.05, 0) is 25.0 Å². The molecule has 1 amide bonds. The number of nitriles is 1. The van der Waals surface area contributed by atoms with Gasteiger partial charge in [-0.25, -0.2) is 0 Å². The molecule has 0 spiro atoms. The largest absolute Gasteiger partial charge is 0.454 e. The van der Waals surface area contributed by atoms with Gasteiger partial charge in [0.05, 0.1) is 0 Å². The fourth-order valence-corrected chi connectivity index (χ4v) is 2.80. The maximum atomic E-state index is 12.2. The number of benzene rings is 1. The molecule has 1 aromatic rings. The molecule has 0 saturated heterocycles. The van der Waals surface area contributed by atoms with Crippen molar-refractivity contribution in [3.8, 4) is 17.6 Å². The molecule has 1 aromatic carbocycles. The lowest BCUT2D eigenvalue weighted by Crippen LogP contribution is -2.37. The van der Waals surface area contributed by atoms with Crippen LogP contribution in [0.5, 0.6) is 11.5 Å². The zero-order valence-corrected chi connectivity index (χ0v) is 12.8. The monoisotopic (exact) mass is 313 g/mol. The van der Waals surface area contributed by atoms with Gasteiger partial charge in [-0.3, -0.25) is 4.79 Å². The Kier molecular flexibility index (Phi) is 4.67. The van der Waals surface area contributed by atoms with Gasteiger partial charge in [0.1, 0.15) is 11.6 Å². The number of nitrogens with zero attached hydrogens (tertiary/aromatic N) is 1. The van der Waals surface area contributed by atoms with Gasteiger partial charge in [-0.2, -0.15) is 5.26 Å². The zero-order valence-electron chi connectivity index (χ0n) is 12.8. The Morgan fingerprint density at radius 2 is 2.00 bits per heavy atom. The average molecular weight is 313 g/mol. The van der Waals surface area contributed by atoms with Crippen LogP contribution in [0.2, 0.25) is 0 Å². The molecule has 0 unspecified atom stereocenters. The Morgan fingerprint density at radius 3 is 2.78 bits per heavy atom. The molecule has 1 heterocycles. The van der Waals surface area contributed by atoms with Crippen LogP contribution in [0.4, 0.5) is 5.69 Å². The number of hydrogen-bond donors (Lipinski definition) is 2. The van der Waals surface area contributed by atoms with Crippen LogP contribution in [-0.4, -0.2) is 18.7 Å². The van der Waals surface area contributed by atoms with Crippen LogP contribution in [0.3, 0.4) is 0 Å². The van der Waals surface area contributed by atoms with Crippen molar-refractivity contribution in [2.75, 3.05) is 12.1 Å². The first-order valence-electron chi connectivity index (χ1n) is 7.83. The summed E-state index contributed by atoms with van der Waals surface area (Å²) in [6.45, 7) is 0.210. The summed E-state index contributed by atoms with van der Waals surface area (Å²) in [5.74, 6) is 1.01. The number of carbonyl (C=O) groups is 1. The first-order chi connectivity index (χ1) is 11.3. The van der Waals surface area contributed by atoms with Gasteiger partial charge in [0.15, 0.2) is 11.5 Å². The molecule has 2 N–H and O–H groups in total. The third kappa shape index (κ3) is 3.75. The van der Waals surface area contributed by atoms with E-state index in [1.165, 1.54) is 12.6 Å². The highest BCUT2D eigenvalue weighted by molar-refractivity contribution is 5.97. The highest BCUT2D eigenvalue weighted by Gasteiger charge is 2.18. The lowest BCUT2D eigenvalue weighted by molar-refractivity contribution is -0.118. The van der Waals surface area contributed by atoms with E-state index >= 15 is 0 Å². The van der Waals surface area contributed by atoms with Crippen molar-refractivity contribution in [2.45, 2.75) is 38.1 Å². The molecular formula is C17H19N3O3. The predicted octanol–water partition coefficient (Wildman–Crippen LogP) is 2.68. The van der Waals surface area contributed by atoms with E-state index in [1.807, 2.05) is 6.07 Å². The van der Waals surface area contributed by atoms with E-state index in [0.29, 0.717) is 11.5 Å². The third-order valence-corrected chi connectivity index (χ3v) is 4.06. The molecular weight excluding hydrogens is 294 g/mol. The Hall–Kier alpha value is -2.68. The van der Waals surface area contributed by atoms with E-state index < -0.39 is 0 Å². The number of fused-ring (bicyclic) bond motifs is 1. The topological polar surface area (TPSA) is 83.4 Å². The smallest absolute Gasteiger partial charge is 0.263 e. The minimum absolute atomic E-state index is 0.0632. The maximum absolute atomic E-state index is 12.2. The summed E-state index contributed by atoms with van der Waals surface area (Å²) < 4.78 is 10.5. The molecule has 1 aliphatic carbocycles. The fourth-order valence-electron chi connectivity index (χ4n) is 2.80. The number of ether oxygens (including phenoxy) is 2. The molecule has 0 radical (unpaired) electrons. The number of hydrogen-bond acceptors (Lipinski definition) is 5. The molecule has 0 atom stereocenters. The van der Waals surface area contributed by atoms with Gasteiger partial charge in [0.25, 0.3) is 5.91 Å². The second-order valence-electron chi connectivity index (χ2n) is 5.69. The molecule has 1 saturated carbocycles. The Labute approximate surface area is 135 Å².